The zero-order valence-electron chi connectivity index (χ0n) is 12.8. The van der Waals surface area contributed by atoms with Crippen LogP contribution in [0.3, 0.4) is 0 Å². The molecule has 2 heterocycles. The fourth-order valence-corrected chi connectivity index (χ4v) is 3.22. The van der Waals surface area contributed by atoms with Gasteiger partial charge in [0, 0.05) is 31.4 Å². The smallest absolute Gasteiger partial charge is 0.242 e. The number of hydrogen-bond donors (Lipinski definition) is 0. The van der Waals surface area contributed by atoms with Crippen molar-refractivity contribution in [1.82, 2.24) is 14.8 Å². The zero-order valence-corrected chi connectivity index (χ0v) is 13.6. The Morgan fingerprint density at radius 1 is 1.43 bits per heavy atom. The van der Waals surface area contributed by atoms with Crippen LogP contribution >= 0.6 is 11.3 Å². The third kappa shape index (κ3) is 4.52. The van der Waals surface area contributed by atoms with E-state index < -0.39 is 0 Å². The van der Waals surface area contributed by atoms with Crippen molar-refractivity contribution in [3.63, 3.8) is 0 Å². The van der Waals surface area contributed by atoms with Crippen molar-refractivity contribution in [3.8, 4) is 0 Å². The molecule has 1 fully saturated rings. The van der Waals surface area contributed by atoms with Crippen LogP contribution in [-0.2, 0) is 16.0 Å². The molecule has 5 nitrogen and oxygen atoms in total. The van der Waals surface area contributed by atoms with Gasteiger partial charge in [-0.1, -0.05) is 0 Å². The highest BCUT2D eigenvalue weighted by molar-refractivity contribution is 7.09. The molecule has 21 heavy (non-hydrogen) atoms. The molecule has 1 aliphatic rings. The molecule has 116 valence electrons. The molecule has 0 N–H and O–H groups in total. The van der Waals surface area contributed by atoms with Crippen LogP contribution < -0.4 is 0 Å². The van der Waals surface area contributed by atoms with Crippen molar-refractivity contribution in [1.29, 1.82) is 0 Å². The molecular weight excluding hydrogens is 286 g/mol. The van der Waals surface area contributed by atoms with Gasteiger partial charge in [0.25, 0.3) is 0 Å². The van der Waals surface area contributed by atoms with E-state index in [1.54, 1.807) is 16.2 Å². The molecule has 0 radical (unpaired) electrons. The second-order valence-corrected chi connectivity index (χ2v) is 6.42. The summed E-state index contributed by atoms with van der Waals surface area (Å²) in [5.41, 5.74) is 1.06. The van der Waals surface area contributed by atoms with Crippen LogP contribution in [0.4, 0.5) is 0 Å². The molecule has 2 amide bonds. The SMILES string of the molecule is CCN1CCCN(C(=O)CCCc2csc(C)n2)CC1=O. The van der Waals surface area contributed by atoms with Gasteiger partial charge in [0.05, 0.1) is 17.2 Å². The molecule has 0 saturated carbocycles. The number of thiazole rings is 1. The minimum absolute atomic E-state index is 0.0680. The monoisotopic (exact) mass is 309 g/mol. The third-order valence-corrected chi connectivity index (χ3v) is 4.58. The molecule has 1 aromatic heterocycles. The summed E-state index contributed by atoms with van der Waals surface area (Å²) < 4.78 is 0. The van der Waals surface area contributed by atoms with E-state index in [2.05, 4.69) is 4.98 Å². The van der Waals surface area contributed by atoms with E-state index in [0.29, 0.717) is 13.0 Å². The molecule has 2 rings (SSSR count). The van der Waals surface area contributed by atoms with Crippen molar-refractivity contribution < 1.29 is 9.59 Å². The lowest BCUT2D eigenvalue weighted by Gasteiger charge is -2.20. The number of aryl methyl sites for hydroxylation is 2. The summed E-state index contributed by atoms with van der Waals surface area (Å²) in [5, 5.41) is 3.11. The third-order valence-electron chi connectivity index (χ3n) is 3.76. The first-order valence-corrected chi connectivity index (χ1v) is 8.44. The second-order valence-electron chi connectivity index (χ2n) is 5.35. The van der Waals surface area contributed by atoms with Crippen LogP contribution in [0.15, 0.2) is 5.38 Å². The van der Waals surface area contributed by atoms with Crippen LogP contribution in [0.25, 0.3) is 0 Å². The molecule has 0 atom stereocenters. The maximum Gasteiger partial charge on any atom is 0.242 e. The van der Waals surface area contributed by atoms with Gasteiger partial charge in [-0.05, 0) is 33.1 Å². The standard InChI is InChI=1S/C15H23N3O2S/c1-3-17-8-5-9-18(10-15(17)20)14(19)7-4-6-13-11-21-12(2)16-13/h11H,3-10H2,1-2H3. The van der Waals surface area contributed by atoms with Crippen molar-refractivity contribution >= 4 is 23.2 Å². The number of aromatic nitrogens is 1. The number of likely N-dealkylation sites (N-methyl/N-ethyl adjacent to an activating group) is 1. The van der Waals surface area contributed by atoms with Crippen LogP contribution in [-0.4, -0.2) is 52.8 Å². The predicted octanol–water partition coefficient (Wildman–Crippen LogP) is 1.86. The van der Waals surface area contributed by atoms with Crippen molar-refractivity contribution in [3.05, 3.63) is 16.1 Å². The molecule has 0 spiro atoms. The Morgan fingerprint density at radius 3 is 2.90 bits per heavy atom. The van der Waals surface area contributed by atoms with E-state index in [0.717, 1.165) is 43.1 Å². The summed E-state index contributed by atoms with van der Waals surface area (Å²) >= 11 is 1.64. The molecule has 6 heteroatoms. The summed E-state index contributed by atoms with van der Waals surface area (Å²) in [6, 6.07) is 0. The highest BCUT2D eigenvalue weighted by Gasteiger charge is 2.23. The van der Waals surface area contributed by atoms with Crippen molar-refractivity contribution in [2.75, 3.05) is 26.2 Å². The van der Waals surface area contributed by atoms with E-state index in [4.69, 9.17) is 0 Å². The van der Waals surface area contributed by atoms with Gasteiger partial charge in [0.2, 0.25) is 11.8 Å². The predicted molar refractivity (Wildman–Crippen MR) is 83.2 cm³/mol. The highest BCUT2D eigenvalue weighted by Crippen LogP contribution is 2.12. The number of carbonyl (C=O) groups is 2. The molecule has 0 bridgehead atoms. The van der Waals surface area contributed by atoms with Crippen molar-refractivity contribution in [2.45, 2.75) is 39.5 Å². The first-order chi connectivity index (χ1) is 10.1. The largest absolute Gasteiger partial charge is 0.341 e. The summed E-state index contributed by atoms with van der Waals surface area (Å²) in [5.74, 6) is 0.159. The summed E-state index contributed by atoms with van der Waals surface area (Å²) in [7, 11) is 0. The average Bonchev–Trinajstić information content (AvgIpc) is 2.77. The first kappa shape index (κ1) is 15.9. The van der Waals surface area contributed by atoms with Crippen LogP contribution in [0, 0.1) is 6.92 Å². The Balaban J connectivity index is 1.78. The molecule has 0 unspecified atom stereocenters. The second kappa shape index (κ2) is 7.54. The average molecular weight is 309 g/mol. The van der Waals surface area contributed by atoms with Gasteiger partial charge in [-0.2, -0.15) is 0 Å². The fraction of sp³-hybridized carbons (Fsp3) is 0.667. The van der Waals surface area contributed by atoms with Gasteiger partial charge in [0.15, 0.2) is 0 Å². The molecule has 0 aromatic carbocycles. The number of nitrogens with zero attached hydrogens (tertiary/aromatic N) is 3. The van der Waals surface area contributed by atoms with E-state index in [-0.39, 0.29) is 18.4 Å². The Labute approximate surface area is 130 Å². The van der Waals surface area contributed by atoms with Crippen molar-refractivity contribution in [2.24, 2.45) is 0 Å². The van der Waals surface area contributed by atoms with Crippen LogP contribution in [0.5, 0.6) is 0 Å². The number of hydrogen-bond acceptors (Lipinski definition) is 4. The number of carbonyl (C=O) groups excluding carboxylic acids is 2. The minimum Gasteiger partial charge on any atom is -0.341 e. The highest BCUT2D eigenvalue weighted by atomic mass is 32.1. The molecule has 1 aromatic rings. The van der Waals surface area contributed by atoms with Gasteiger partial charge < -0.3 is 9.80 Å². The summed E-state index contributed by atoms with van der Waals surface area (Å²) in [6.07, 6.45) is 3.00. The zero-order chi connectivity index (χ0) is 15.2. The summed E-state index contributed by atoms with van der Waals surface area (Å²) in [6.45, 7) is 6.38. The minimum atomic E-state index is 0.0680. The topological polar surface area (TPSA) is 53.5 Å². The van der Waals surface area contributed by atoms with E-state index in [1.807, 2.05) is 24.1 Å². The van der Waals surface area contributed by atoms with Gasteiger partial charge in [0.1, 0.15) is 0 Å². The summed E-state index contributed by atoms with van der Waals surface area (Å²) in [4.78, 5) is 32.1. The number of rotatable bonds is 5. The van der Waals surface area contributed by atoms with Gasteiger partial charge in [-0.3, -0.25) is 9.59 Å². The van der Waals surface area contributed by atoms with Gasteiger partial charge in [-0.25, -0.2) is 4.98 Å². The maximum absolute atomic E-state index is 12.2. The molecule has 1 aliphatic heterocycles. The molecule has 1 saturated heterocycles. The van der Waals surface area contributed by atoms with Gasteiger partial charge >= 0.3 is 0 Å². The Bertz CT molecular complexity index is 501. The van der Waals surface area contributed by atoms with Crippen LogP contribution in [0.2, 0.25) is 0 Å². The lowest BCUT2D eigenvalue weighted by atomic mass is 10.2. The van der Waals surface area contributed by atoms with Crippen LogP contribution in [0.1, 0.15) is 36.9 Å². The normalized spacial score (nSPS) is 16.2. The lowest BCUT2D eigenvalue weighted by molar-refractivity contribution is -0.138. The number of amides is 2. The lowest BCUT2D eigenvalue weighted by Crippen LogP contribution is -2.39. The quantitative estimate of drug-likeness (QED) is 0.834. The molecular formula is C15H23N3O2S. The van der Waals surface area contributed by atoms with E-state index >= 15 is 0 Å². The van der Waals surface area contributed by atoms with Gasteiger partial charge in [-0.15, -0.1) is 11.3 Å². The van der Waals surface area contributed by atoms with E-state index in [1.165, 1.54) is 0 Å². The Hall–Kier alpha value is -1.43. The fourth-order valence-electron chi connectivity index (χ4n) is 2.57. The maximum atomic E-state index is 12.2. The first-order valence-electron chi connectivity index (χ1n) is 7.56. The van der Waals surface area contributed by atoms with E-state index in [9.17, 15) is 9.59 Å². The Kier molecular flexibility index (Phi) is 5.73. The Morgan fingerprint density at radius 2 is 2.24 bits per heavy atom. The molecule has 0 aliphatic carbocycles.